The largest absolute Gasteiger partial charge is 0.383 e. The number of methoxy groups -OCH3 is 1. The fourth-order valence-corrected chi connectivity index (χ4v) is 2.76. The molecule has 1 unspecified atom stereocenters. The minimum atomic E-state index is -0.133. The highest BCUT2D eigenvalue weighted by molar-refractivity contribution is 9.10. The molecule has 1 aliphatic rings. The van der Waals surface area contributed by atoms with Gasteiger partial charge in [-0.05, 0) is 41.7 Å². The molecule has 1 saturated heterocycles. The van der Waals surface area contributed by atoms with Crippen molar-refractivity contribution >= 4 is 21.6 Å². The third kappa shape index (κ3) is 4.04. The second kappa shape index (κ2) is 7.75. The van der Waals surface area contributed by atoms with E-state index in [4.69, 9.17) is 4.74 Å². The fraction of sp³-hybridized carbons (Fsp3) is 0.692. The van der Waals surface area contributed by atoms with Gasteiger partial charge in [-0.2, -0.15) is 5.10 Å². The summed E-state index contributed by atoms with van der Waals surface area (Å²) in [4.78, 5) is 12.1. The molecular weight excluding hydrogens is 324 g/mol. The van der Waals surface area contributed by atoms with E-state index >= 15 is 0 Å². The minimum Gasteiger partial charge on any atom is -0.383 e. The third-order valence-corrected chi connectivity index (χ3v) is 4.23. The van der Waals surface area contributed by atoms with Crippen LogP contribution in [-0.4, -0.2) is 42.6 Å². The molecule has 0 aromatic carbocycles. The molecular formula is C13H21BrN4O2. The highest BCUT2D eigenvalue weighted by Gasteiger charge is 2.14. The summed E-state index contributed by atoms with van der Waals surface area (Å²) in [7, 11) is 1.60. The summed E-state index contributed by atoms with van der Waals surface area (Å²) < 4.78 is 6.89. The van der Waals surface area contributed by atoms with Gasteiger partial charge in [0.1, 0.15) is 4.47 Å². The monoisotopic (exact) mass is 344 g/mol. The van der Waals surface area contributed by atoms with E-state index < -0.39 is 0 Å². The normalized spacial score (nSPS) is 18.4. The molecule has 0 amide bonds. The van der Waals surface area contributed by atoms with Crippen LogP contribution in [0.4, 0.5) is 5.69 Å². The molecule has 1 atom stereocenters. The summed E-state index contributed by atoms with van der Waals surface area (Å²) >= 11 is 3.34. The van der Waals surface area contributed by atoms with E-state index in [2.05, 4.69) is 31.7 Å². The Hall–Kier alpha value is -0.920. The lowest BCUT2D eigenvalue weighted by atomic mass is 10.1. The van der Waals surface area contributed by atoms with Crippen molar-refractivity contribution in [3.8, 4) is 0 Å². The van der Waals surface area contributed by atoms with Gasteiger partial charge in [0.2, 0.25) is 0 Å². The SMILES string of the molecule is COCCn1ncc(NCCC2CCCN2)c(Br)c1=O. The van der Waals surface area contributed by atoms with Crippen LogP contribution in [0.2, 0.25) is 0 Å². The van der Waals surface area contributed by atoms with Crippen LogP contribution in [0.25, 0.3) is 0 Å². The van der Waals surface area contributed by atoms with Gasteiger partial charge in [0.25, 0.3) is 5.56 Å². The number of ether oxygens (including phenoxy) is 1. The molecule has 20 heavy (non-hydrogen) atoms. The van der Waals surface area contributed by atoms with Gasteiger partial charge < -0.3 is 15.4 Å². The topological polar surface area (TPSA) is 68.2 Å². The zero-order valence-corrected chi connectivity index (χ0v) is 13.3. The second-order valence-corrected chi connectivity index (χ2v) is 5.70. The van der Waals surface area contributed by atoms with Crippen LogP contribution in [-0.2, 0) is 11.3 Å². The number of nitrogens with one attached hydrogen (secondary N) is 2. The summed E-state index contributed by atoms with van der Waals surface area (Å²) in [6, 6.07) is 0.594. The molecule has 1 aromatic heterocycles. The van der Waals surface area contributed by atoms with Crippen molar-refractivity contribution in [2.75, 3.05) is 32.1 Å². The smallest absolute Gasteiger partial charge is 0.283 e. The van der Waals surface area contributed by atoms with Gasteiger partial charge in [0.15, 0.2) is 0 Å². The van der Waals surface area contributed by atoms with Crippen LogP contribution >= 0.6 is 15.9 Å². The molecule has 0 bridgehead atoms. The van der Waals surface area contributed by atoms with E-state index in [-0.39, 0.29) is 5.56 Å². The molecule has 112 valence electrons. The highest BCUT2D eigenvalue weighted by Crippen LogP contribution is 2.16. The molecule has 2 N–H and O–H groups in total. The number of halogens is 1. The van der Waals surface area contributed by atoms with E-state index in [1.807, 2.05) is 0 Å². The Kier molecular flexibility index (Phi) is 6.00. The van der Waals surface area contributed by atoms with Crippen molar-refractivity contribution in [3.05, 3.63) is 21.0 Å². The summed E-state index contributed by atoms with van der Waals surface area (Å²) in [6.45, 7) is 2.88. The van der Waals surface area contributed by atoms with Crippen molar-refractivity contribution in [2.45, 2.75) is 31.8 Å². The number of anilines is 1. The van der Waals surface area contributed by atoms with Crippen LogP contribution in [0, 0.1) is 0 Å². The third-order valence-electron chi connectivity index (χ3n) is 3.46. The number of hydrogen-bond acceptors (Lipinski definition) is 5. The number of aromatic nitrogens is 2. The van der Waals surface area contributed by atoms with Crippen LogP contribution in [0.5, 0.6) is 0 Å². The van der Waals surface area contributed by atoms with Gasteiger partial charge in [-0.3, -0.25) is 4.79 Å². The predicted molar refractivity (Wildman–Crippen MR) is 82.2 cm³/mol. The molecule has 1 fully saturated rings. The van der Waals surface area contributed by atoms with Crippen molar-refractivity contribution < 1.29 is 4.74 Å². The Morgan fingerprint density at radius 3 is 3.20 bits per heavy atom. The average Bonchev–Trinajstić information content (AvgIpc) is 2.96. The van der Waals surface area contributed by atoms with Gasteiger partial charge in [-0.25, -0.2) is 4.68 Å². The van der Waals surface area contributed by atoms with Crippen LogP contribution < -0.4 is 16.2 Å². The number of hydrogen-bond donors (Lipinski definition) is 2. The van der Waals surface area contributed by atoms with Gasteiger partial charge >= 0.3 is 0 Å². The molecule has 7 heteroatoms. The van der Waals surface area contributed by atoms with E-state index in [1.165, 1.54) is 17.5 Å². The van der Waals surface area contributed by atoms with Gasteiger partial charge in [0.05, 0.1) is 25.0 Å². The minimum absolute atomic E-state index is 0.133. The first kappa shape index (κ1) is 15.5. The Balaban J connectivity index is 1.91. The average molecular weight is 345 g/mol. The summed E-state index contributed by atoms with van der Waals surface area (Å²) in [5.74, 6) is 0. The van der Waals surface area contributed by atoms with E-state index in [9.17, 15) is 4.79 Å². The maximum absolute atomic E-state index is 12.1. The summed E-state index contributed by atoms with van der Waals surface area (Å²) in [6.07, 6.45) is 5.23. The van der Waals surface area contributed by atoms with Crippen LogP contribution in [0.1, 0.15) is 19.3 Å². The second-order valence-electron chi connectivity index (χ2n) is 4.90. The lowest BCUT2D eigenvalue weighted by Gasteiger charge is -2.13. The van der Waals surface area contributed by atoms with E-state index in [1.54, 1.807) is 13.3 Å². The van der Waals surface area contributed by atoms with Crippen molar-refractivity contribution in [1.82, 2.24) is 15.1 Å². The lowest BCUT2D eigenvalue weighted by Crippen LogP contribution is -2.27. The zero-order chi connectivity index (χ0) is 14.4. The van der Waals surface area contributed by atoms with Crippen molar-refractivity contribution in [2.24, 2.45) is 0 Å². The first-order chi connectivity index (χ1) is 9.72. The van der Waals surface area contributed by atoms with Gasteiger partial charge in [-0.1, -0.05) is 0 Å². The molecule has 1 aromatic rings. The summed E-state index contributed by atoms with van der Waals surface area (Å²) in [5, 5.41) is 10.9. The van der Waals surface area contributed by atoms with Gasteiger partial charge in [-0.15, -0.1) is 0 Å². The Labute approximate surface area is 127 Å². The molecule has 6 nitrogen and oxygen atoms in total. The number of nitrogens with zero attached hydrogens (tertiary/aromatic N) is 2. The Morgan fingerprint density at radius 1 is 1.65 bits per heavy atom. The van der Waals surface area contributed by atoms with Crippen LogP contribution in [0.15, 0.2) is 15.5 Å². The van der Waals surface area contributed by atoms with Crippen molar-refractivity contribution in [3.63, 3.8) is 0 Å². The first-order valence-corrected chi connectivity index (χ1v) is 7.73. The van der Waals surface area contributed by atoms with E-state index in [0.717, 1.165) is 25.2 Å². The Bertz CT molecular complexity index is 486. The fourth-order valence-electron chi connectivity index (χ4n) is 2.31. The van der Waals surface area contributed by atoms with Crippen LogP contribution in [0.3, 0.4) is 0 Å². The molecule has 1 aliphatic heterocycles. The molecule has 2 rings (SSSR count). The Morgan fingerprint density at radius 2 is 2.50 bits per heavy atom. The maximum atomic E-state index is 12.1. The quantitative estimate of drug-likeness (QED) is 0.778. The molecule has 2 heterocycles. The number of rotatable bonds is 7. The van der Waals surface area contributed by atoms with E-state index in [0.29, 0.717) is 23.7 Å². The predicted octanol–water partition coefficient (Wildman–Crippen LogP) is 1.21. The first-order valence-electron chi connectivity index (χ1n) is 6.94. The lowest BCUT2D eigenvalue weighted by molar-refractivity contribution is 0.181. The van der Waals surface area contributed by atoms with Crippen molar-refractivity contribution in [1.29, 1.82) is 0 Å². The summed E-state index contributed by atoms with van der Waals surface area (Å²) in [5.41, 5.74) is 0.618. The molecule has 0 radical (unpaired) electrons. The molecule has 0 spiro atoms. The maximum Gasteiger partial charge on any atom is 0.283 e. The highest BCUT2D eigenvalue weighted by atomic mass is 79.9. The zero-order valence-electron chi connectivity index (χ0n) is 11.7. The molecule has 0 saturated carbocycles. The standard InChI is InChI=1S/C13H21BrN4O2/c1-20-8-7-18-13(19)12(14)11(9-17-18)16-6-4-10-3-2-5-15-10/h9-10,15-16H,2-8H2,1H3. The molecule has 0 aliphatic carbocycles. The van der Waals surface area contributed by atoms with Gasteiger partial charge in [0, 0.05) is 19.7 Å².